The molecule has 0 saturated carbocycles. The lowest BCUT2D eigenvalue weighted by atomic mass is 10.0. The zero-order valence-electron chi connectivity index (χ0n) is 12.6. The van der Waals surface area contributed by atoms with Crippen LogP contribution in [0.5, 0.6) is 0 Å². The highest BCUT2D eigenvalue weighted by Gasteiger charge is 2.22. The summed E-state index contributed by atoms with van der Waals surface area (Å²) in [5, 5.41) is 0.589. The van der Waals surface area contributed by atoms with Crippen LogP contribution in [0.3, 0.4) is 0 Å². The molecule has 1 unspecified atom stereocenters. The molecule has 0 radical (unpaired) electrons. The van der Waals surface area contributed by atoms with Gasteiger partial charge in [0.1, 0.15) is 0 Å². The first-order valence-corrected chi connectivity index (χ1v) is 7.53. The molecule has 2 aromatic rings. The molecule has 0 fully saturated rings. The standard InChI is InChI=1S/C18H20ClNO/c1-4-20(17-10-5-7-13(2)11-17)14(3)18(21)15-8-6-9-16(19)12-15/h5-12,14H,4H2,1-3H3. The molecule has 2 aromatic carbocycles. The second-order valence-electron chi connectivity index (χ2n) is 5.18. The third-order valence-electron chi connectivity index (χ3n) is 3.63. The van der Waals surface area contributed by atoms with Gasteiger partial charge in [0.15, 0.2) is 5.78 Å². The van der Waals surface area contributed by atoms with Crippen molar-refractivity contribution in [3.05, 3.63) is 64.7 Å². The summed E-state index contributed by atoms with van der Waals surface area (Å²) in [5.74, 6) is 0.0841. The second-order valence-corrected chi connectivity index (χ2v) is 5.61. The molecule has 0 amide bonds. The van der Waals surface area contributed by atoms with Crippen molar-refractivity contribution in [3.8, 4) is 0 Å². The number of carbonyl (C=O) groups excluding carboxylic acids is 1. The first-order chi connectivity index (χ1) is 10.0. The van der Waals surface area contributed by atoms with Crippen molar-refractivity contribution in [2.45, 2.75) is 26.8 Å². The second kappa shape index (κ2) is 6.77. The molecule has 1 atom stereocenters. The van der Waals surface area contributed by atoms with Crippen LogP contribution in [-0.2, 0) is 0 Å². The zero-order chi connectivity index (χ0) is 15.4. The third-order valence-corrected chi connectivity index (χ3v) is 3.87. The number of Topliss-reactive ketones (excluding diaryl/α,β-unsaturated/α-hetero) is 1. The number of benzene rings is 2. The molecule has 0 heterocycles. The normalized spacial score (nSPS) is 12.0. The van der Waals surface area contributed by atoms with Crippen LogP contribution < -0.4 is 4.90 Å². The fourth-order valence-electron chi connectivity index (χ4n) is 2.51. The van der Waals surface area contributed by atoms with E-state index in [-0.39, 0.29) is 11.8 Å². The monoisotopic (exact) mass is 301 g/mol. The van der Waals surface area contributed by atoms with Gasteiger partial charge in [0.25, 0.3) is 0 Å². The summed E-state index contributed by atoms with van der Waals surface area (Å²) >= 11 is 5.98. The Morgan fingerprint density at radius 1 is 1.19 bits per heavy atom. The zero-order valence-corrected chi connectivity index (χ0v) is 13.4. The van der Waals surface area contributed by atoms with Crippen LogP contribution in [-0.4, -0.2) is 18.4 Å². The van der Waals surface area contributed by atoms with E-state index in [1.165, 1.54) is 5.56 Å². The lowest BCUT2D eigenvalue weighted by Gasteiger charge is -2.29. The maximum absolute atomic E-state index is 12.7. The van der Waals surface area contributed by atoms with Crippen LogP contribution in [0.4, 0.5) is 5.69 Å². The highest BCUT2D eigenvalue weighted by Crippen LogP contribution is 2.21. The Bertz CT molecular complexity index is 639. The van der Waals surface area contributed by atoms with Crippen LogP contribution in [0.2, 0.25) is 5.02 Å². The molecule has 0 saturated heterocycles. The van der Waals surface area contributed by atoms with Gasteiger partial charge in [-0.1, -0.05) is 35.9 Å². The van der Waals surface area contributed by atoms with E-state index in [9.17, 15) is 4.79 Å². The topological polar surface area (TPSA) is 20.3 Å². The third kappa shape index (κ3) is 3.64. The molecule has 110 valence electrons. The lowest BCUT2D eigenvalue weighted by Crippen LogP contribution is -2.39. The number of anilines is 1. The van der Waals surface area contributed by atoms with Crippen molar-refractivity contribution < 1.29 is 4.79 Å². The molecule has 0 N–H and O–H groups in total. The first kappa shape index (κ1) is 15.6. The van der Waals surface area contributed by atoms with Crippen molar-refractivity contribution in [2.75, 3.05) is 11.4 Å². The molecule has 21 heavy (non-hydrogen) atoms. The van der Waals surface area contributed by atoms with E-state index < -0.39 is 0 Å². The van der Waals surface area contributed by atoms with E-state index in [1.807, 2.05) is 31.2 Å². The molecule has 3 heteroatoms. The Morgan fingerprint density at radius 2 is 1.90 bits per heavy atom. The highest BCUT2D eigenvalue weighted by molar-refractivity contribution is 6.31. The Hall–Kier alpha value is -1.80. The molecule has 0 aromatic heterocycles. The van der Waals surface area contributed by atoms with E-state index in [0.29, 0.717) is 10.6 Å². The highest BCUT2D eigenvalue weighted by atomic mass is 35.5. The average Bonchev–Trinajstić information content (AvgIpc) is 2.47. The Labute approximate surface area is 131 Å². The van der Waals surface area contributed by atoms with Crippen LogP contribution >= 0.6 is 11.6 Å². The van der Waals surface area contributed by atoms with E-state index >= 15 is 0 Å². The van der Waals surface area contributed by atoms with Crippen molar-refractivity contribution in [2.24, 2.45) is 0 Å². The van der Waals surface area contributed by atoms with Crippen LogP contribution in [0, 0.1) is 6.92 Å². The summed E-state index contributed by atoms with van der Waals surface area (Å²) in [7, 11) is 0. The molecule has 2 nitrogen and oxygen atoms in total. The maximum atomic E-state index is 12.7. The summed E-state index contributed by atoms with van der Waals surface area (Å²) in [6.45, 7) is 6.83. The number of carbonyl (C=O) groups is 1. The van der Waals surface area contributed by atoms with Gasteiger partial charge < -0.3 is 4.90 Å². The fourth-order valence-corrected chi connectivity index (χ4v) is 2.70. The van der Waals surface area contributed by atoms with E-state index in [4.69, 9.17) is 11.6 Å². The van der Waals surface area contributed by atoms with Gasteiger partial charge in [0, 0.05) is 22.8 Å². The van der Waals surface area contributed by atoms with Crippen molar-refractivity contribution in [1.29, 1.82) is 0 Å². The summed E-state index contributed by atoms with van der Waals surface area (Å²) in [6.07, 6.45) is 0. The molecule has 0 aliphatic heterocycles. The number of hydrogen-bond donors (Lipinski definition) is 0. The van der Waals surface area contributed by atoms with Crippen molar-refractivity contribution >= 4 is 23.1 Å². The van der Waals surface area contributed by atoms with Gasteiger partial charge in [-0.3, -0.25) is 4.79 Å². The predicted octanol–water partition coefficient (Wildman–Crippen LogP) is 4.75. The number of halogens is 1. The smallest absolute Gasteiger partial charge is 0.184 e. The van der Waals surface area contributed by atoms with E-state index in [2.05, 4.69) is 30.9 Å². The molecule has 2 rings (SSSR count). The van der Waals surface area contributed by atoms with Gasteiger partial charge in [0.05, 0.1) is 6.04 Å². The van der Waals surface area contributed by atoms with Crippen LogP contribution in [0.15, 0.2) is 48.5 Å². The molecular formula is C18H20ClNO. The van der Waals surface area contributed by atoms with Gasteiger partial charge in [-0.15, -0.1) is 0 Å². The van der Waals surface area contributed by atoms with Crippen molar-refractivity contribution in [3.63, 3.8) is 0 Å². The summed E-state index contributed by atoms with van der Waals surface area (Å²) in [5.41, 5.74) is 2.91. The summed E-state index contributed by atoms with van der Waals surface area (Å²) in [4.78, 5) is 14.8. The maximum Gasteiger partial charge on any atom is 0.184 e. The largest absolute Gasteiger partial charge is 0.362 e. The number of hydrogen-bond acceptors (Lipinski definition) is 2. The quantitative estimate of drug-likeness (QED) is 0.743. The van der Waals surface area contributed by atoms with Crippen molar-refractivity contribution in [1.82, 2.24) is 0 Å². The molecule has 0 bridgehead atoms. The molecule has 0 aliphatic carbocycles. The Balaban J connectivity index is 2.28. The van der Waals surface area contributed by atoms with Gasteiger partial charge in [-0.25, -0.2) is 0 Å². The number of likely N-dealkylation sites (N-methyl/N-ethyl adjacent to an activating group) is 1. The number of nitrogens with zero attached hydrogens (tertiary/aromatic N) is 1. The minimum absolute atomic E-state index is 0.0841. The van der Waals surface area contributed by atoms with Gasteiger partial charge >= 0.3 is 0 Å². The SMILES string of the molecule is CCN(c1cccc(C)c1)C(C)C(=O)c1cccc(Cl)c1. The van der Waals surface area contributed by atoms with E-state index in [0.717, 1.165) is 12.2 Å². The summed E-state index contributed by atoms with van der Waals surface area (Å²) in [6, 6.07) is 15.1. The van der Waals surface area contributed by atoms with E-state index in [1.54, 1.807) is 12.1 Å². The molecule has 0 spiro atoms. The minimum atomic E-state index is -0.227. The van der Waals surface area contributed by atoms with Gasteiger partial charge in [-0.05, 0) is 50.6 Å². The Kier molecular flexibility index (Phi) is 5.03. The van der Waals surface area contributed by atoms with Crippen LogP contribution in [0.25, 0.3) is 0 Å². The predicted molar refractivity (Wildman–Crippen MR) is 89.4 cm³/mol. The van der Waals surface area contributed by atoms with Gasteiger partial charge in [-0.2, -0.15) is 0 Å². The lowest BCUT2D eigenvalue weighted by molar-refractivity contribution is 0.0964. The van der Waals surface area contributed by atoms with Crippen LogP contribution in [0.1, 0.15) is 29.8 Å². The number of aryl methyl sites for hydroxylation is 1. The fraction of sp³-hybridized carbons (Fsp3) is 0.278. The average molecular weight is 302 g/mol. The number of ketones is 1. The molecule has 0 aliphatic rings. The van der Waals surface area contributed by atoms with Gasteiger partial charge in [0.2, 0.25) is 0 Å². The minimum Gasteiger partial charge on any atom is -0.362 e. The number of rotatable bonds is 5. The first-order valence-electron chi connectivity index (χ1n) is 7.16. The summed E-state index contributed by atoms with van der Waals surface area (Å²) < 4.78 is 0. The molecular weight excluding hydrogens is 282 g/mol. The Morgan fingerprint density at radius 3 is 2.52 bits per heavy atom.